The monoisotopic (exact) mass is 275 g/mol. The summed E-state index contributed by atoms with van der Waals surface area (Å²) >= 11 is 0. The normalized spacial score (nSPS) is 40.2. The molecule has 4 saturated carbocycles. The smallest absolute Gasteiger partial charge is 0.111 e. The van der Waals surface area contributed by atoms with Gasteiger partial charge >= 0.3 is 0 Å². The molecule has 4 fully saturated rings. The summed E-state index contributed by atoms with van der Waals surface area (Å²) in [6, 6.07) is 0. The van der Waals surface area contributed by atoms with Gasteiger partial charge in [-0.1, -0.05) is 12.1 Å². The molecule has 110 valence electrons. The van der Waals surface area contributed by atoms with E-state index in [1.807, 2.05) is 17.8 Å². The largest absolute Gasteiger partial charge is 0.387 e. The molecule has 20 heavy (non-hydrogen) atoms. The molecule has 4 aliphatic carbocycles. The second-order valence-corrected chi connectivity index (χ2v) is 7.68. The van der Waals surface area contributed by atoms with Crippen LogP contribution in [0.1, 0.15) is 63.7 Å². The van der Waals surface area contributed by atoms with Crippen molar-refractivity contribution in [1.82, 2.24) is 15.0 Å². The van der Waals surface area contributed by atoms with Gasteiger partial charge in [0.25, 0.3) is 0 Å². The molecule has 0 amide bonds. The third-order valence-electron chi connectivity index (χ3n) is 5.95. The van der Waals surface area contributed by atoms with E-state index >= 15 is 0 Å². The second kappa shape index (κ2) is 4.55. The molecule has 0 saturated heterocycles. The minimum atomic E-state index is -0.458. The van der Waals surface area contributed by atoms with Gasteiger partial charge in [-0.2, -0.15) is 0 Å². The van der Waals surface area contributed by atoms with Crippen molar-refractivity contribution < 1.29 is 5.11 Å². The van der Waals surface area contributed by atoms with E-state index in [0.29, 0.717) is 11.8 Å². The molecule has 1 unspecified atom stereocenters. The van der Waals surface area contributed by atoms with E-state index in [-0.39, 0.29) is 0 Å². The van der Waals surface area contributed by atoms with E-state index in [0.717, 1.165) is 30.0 Å². The summed E-state index contributed by atoms with van der Waals surface area (Å²) in [4.78, 5) is 0. The lowest BCUT2D eigenvalue weighted by molar-refractivity contribution is -0.0637. The summed E-state index contributed by atoms with van der Waals surface area (Å²) < 4.78 is 2.00. The molecule has 0 aliphatic heterocycles. The molecule has 1 N–H and O–H groups in total. The van der Waals surface area contributed by atoms with Gasteiger partial charge in [0.15, 0.2) is 0 Å². The topological polar surface area (TPSA) is 50.9 Å². The molecular formula is C16H25N3O. The number of hydrogen-bond acceptors (Lipinski definition) is 3. The third kappa shape index (κ3) is 2.09. The Bertz CT molecular complexity index is 460. The predicted octanol–water partition coefficient (Wildman–Crippen LogP) is 2.94. The Kier molecular flexibility index (Phi) is 2.92. The lowest BCUT2D eigenvalue weighted by atomic mass is 9.49. The number of aliphatic hydroxyl groups is 1. The van der Waals surface area contributed by atoms with Crippen molar-refractivity contribution >= 4 is 0 Å². The summed E-state index contributed by atoms with van der Waals surface area (Å²) in [5, 5.41) is 18.3. The van der Waals surface area contributed by atoms with Gasteiger partial charge in [0.2, 0.25) is 0 Å². The van der Waals surface area contributed by atoms with Gasteiger partial charge < -0.3 is 5.11 Å². The van der Waals surface area contributed by atoms with Gasteiger partial charge in [-0.3, -0.25) is 4.68 Å². The molecule has 1 atom stereocenters. The molecule has 5 rings (SSSR count). The van der Waals surface area contributed by atoms with E-state index in [1.54, 1.807) is 0 Å². The van der Waals surface area contributed by atoms with Crippen molar-refractivity contribution in [2.75, 3.05) is 0 Å². The number of rotatable bonds is 4. The van der Waals surface area contributed by atoms with Gasteiger partial charge in [-0.05, 0) is 68.1 Å². The zero-order valence-corrected chi connectivity index (χ0v) is 12.3. The highest BCUT2D eigenvalue weighted by Crippen LogP contribution is 2.60. The Labute approximate surface area is 120 Å². The van der Waals surface area contributed by atoms with E-state index in [9.17, 15) is 5.11 Å². The molecule has 4 nitrogen and oxygen atoms in total. The lowest BCUT2D eigenvalue weighted by Gasteiger charge is -2.56. The van der Waals surface area contributed by atoms with Crippen molar-refractivity contribution in [3.05, 3.63) is 11.9 Å². The predicted molar refractivity (Wildman–Crippen MR) is 75.9 cm³/mol. The van der Waals surface area contributed by atoms with Crippen LogP contribution in [-0.2, 0) is 6.54 Å². The zero-order valence-electron chi connectivity index (χ0n) is 12.3. The molecule has 4 bridgehead atoms. The van der Waals surface area contributed by atoms with Gasteiger partial charge in [0.1, 0.15) is 5.69 Å². The lowest BCUT2D eigenvalue weighted by Crippen LogP contribution is -2.48. The standard InChI is InChI=1S/C16H25N3O/c1-2-15(20)14-9-19(18-17-14)10-16-6-11-3-12(7-16)5-13(4-11)8-16/h9,11-13,15,20H,2-8,10H2,1H3. The van der Waals surface area contributed by atoms with Crippen LogP contribution in [0.4, 0.5) is 0 Å². The number of aromatic nitrogens is 3. The van der Waals surface area contributed by atoms with Gasteiger partial charge in [-0.15, -0.1) is 5.10 Å². The number of nitrogens with zero attached hydrogens (tertiary/aromatic N) is 3. The van der Waals surface area contributed by atoms with Gasteiger partial charge in [0.05, 0.1) is 12.3 Å². The Balaban J connectivity index is 1.52. The highest BCUT2D eigenvalue weighted by atomic mass is 16.3. The summed E-state index contributed by atoms with van der Waals surface area (Å²) in [5.41, 5.74) is 1.22. The van der Waals surface area contributed by atoms with Crippen LogP contribution < -0.4 is 0 Å². The maximum absolute atomic E-state index is 9.86. The fourth-order valence-electron chi connectivity index (χ4n) is 5.58. The number of hydrogen-bond donors (Lipinski definition) is 1. The van der Waals surface area contributed by atoms with Crippen LogP contribution in [0.25, 0.3) is 0 Å². The average molecular weight is 275 g/mol. The minimum Gasteiger partial charge on any atom is -0.387 e. The van der Waals surface area contributed by atoms with Crippen molar-refractivity contribution in [1.29, 1.82) is 0 Å². The highest BCUT2D eigenvalue weighted by molar-refractivity contribution is 5.03. The third-order valence-corrected chi connectivity index (χ3v) is 5.95. The quantitative estimate of drug-likeness (QED) is 0.919. The van der Waals surface area contributed by atoms with Crippen LogP contribution in [0, 0.1) is 23.2 Å². The molecule has 4 aliphatic rings. The maximum atomic E-state index is 9.86. The summed E-state index contributed by atoms with van der Waals surface area (Å²) in [5.74, 6) is 2.93. The van der Waals surface area contributed by atoms with Crippen LogP contribution >= 0.6 is 0 Å². The van der Waals surface area contributed by atoms with Crippen molar-refractivity contribution in [2.24, 2.45) is 23.2 Å². The van der Waals surface area contributed by atoms with Crippen molar-refractivity contribution in [2.45, 2.75) is 64.5 Å². The Morgan fingerprint density at radius 1 is 1.25 bits per heavy atom. The first-order valence-corrected chi connectivity index (χ1v) is 8.24. The molecule has 4 heteroatoms. The first-order valence-electron chi connectivity index (χ1n) is 8.24. The molecule has 1 aromatic rings. The van der Waals surface area contributed by atoms with E-state index in [2.05, 4.69) is 10.3 Å². The summed E-state index contributed by atoms with van der Waals surface area (Å²) in [7, 11) is 0. The second-order valence-electron chi connectivity index (χ2n) is 7.68. The van der Waals surface area contributed by atoms with Crippen LogP contribution in [0.3, 0.4) is 0 Å². The molecule has 1 aromatic heterocycles. The minimum absolute atomic E-state index is 0.458. The SMILES string of the molecule is CCC(O)c1cn(CC23CC4CC(CC(C4)C2)C3)nn1. The Hall–Kier alpha value is -0.900. The van der Waals surface area contributed by atoms with E-state index < -0.39 is 6.10 Å². The van der Waals surface area contributed by atoms with Crippen molar-refractivity contribution in [3.63, 3.8) is 0 Å². The fraction of sp³-hybridized carbons (Fsp3) is 0.875. The summed E-state index contributed by atoms with van der Waals surface area (Å²) in [6.07, 6.45) is 10.8. The van der Waals surface area contributed by atoms with Crippen LogP contribution in [0.5, 0.6) is 0 Å². The first kappa shape index (κ1) is 12.8. The fourth-order valence-corrected chi connectivity index (χ4v) is 5.58. The van der Waals surface area contributed by atoms with Gasteiger partial charge in [0, 0.05) is 6.54 Å². The molecule has 0 aromatic carbocycles. The molecular weight excluding hydrogens is 250 g/mol. The average Bonchev–Trinajstić information content (AvgIpc) is 2.83. The molecule has 0 spiro atoms. The van der Waals surface area contributed by atoms with Crippen LogP contribution in [0.2, 0.25) is 0 Å². The highest BCUT2D eigenvalue weighted by Gasteiger charge is 2.51. The maximum Gasteiger partial charge on any atom is 0.111 e. The Morgan fingerprint density at radius 3 is 2.40 bits per heavy atom. The van der Waals surface area contributed by atoms with E-state index in [4.69, 9.17) is 0 Å². The van der Waals surface area contributed by atoms with E-state index in [1.165, 1.54) is 38.5 Å². The van der Waals surface area contributed by atoms with Gasteiger partial charge in [-0.25, -0.2) is 0 Å². The summed E-state index contributed by atoms with van der Waals surface area (Å²) in [6.45, 7) is 2.99. The van der Waals surface area contributed by atoms with Crippen LogP contribution in [-0.4, -0.2) is 20.1 Å². The first-order chi connectivity index (χ1) is 9.66. The van der Waals surface area contributed by atoms with Crippen LogP contribution in [0.15, 0.2) is 6.20 Å². The molecule has 1 heterocycles. The molecule has 0 radical (unpaired) electrons. The number of aliphatic hydroxyl groups excluding tert-OH is 1. The Morgan fingerprint density at radius 2 is 1.85 bits per heavy atom. The zero-order chi connectivity index (χ0) is 13.7. The van der Waals surface area contributed by atoms with Crippen molar-refractivity contribution in [3.8, 4) is 0 Å².